The number of nitrogen functional groups attached to an aromatic ring is 1. The fourth-order valence-corrected chi connectivity index (χ4v) is 2.87. The Hall–Kier alpha value is -2.36. The number of nitrogens with two attached hydrogens (primary N) is 1. The number of hydrogen-bond donors (Lipinski definition) is 2. The summed E-state index contributed by atoms with van der Waals surface area (Å²) in [6, 6.07) is 4.49. The molecule has 10 heteroatoms. The van der Waals surface area contributed by atoms with Crippen LogP contribution in [0.15, 0.2) is 30.6 Å². The fourth-order valence-electron chi connectivity index (χ4n) is 2.67. The molecule has 4 rings (SSSR count). The molecule has 0 radical (unpaired) electrons. The van der Waals surface area contributed by atoms with Crippen LogP contribution in [-0.2, 0) is 4.74 Å². The summed E-state index contributed by atoms with van der Waals surface area (Å²) in [6.45, 7) is 1.37. The highest BCUT2D eigenvalue weighted by Gasteiger charge is 2.17. The summed E-state index contributed by atoms with van der Waals surface area (Å²) in [5.74, 6) is 0.0498. The molecule has 0 bridgehead atoms. The third-order valence-corrected chi connectivity index (χ3v) is 4.23. The van der Waals surface area contributed by atoms with E-state index < -0.39 is 6.43 Å². The lowest BCUT2D eigenvalue weighted by Crippen LogP contribution is -2.21. The summed E-state index contributed by atoms with van der Waals surface area (Å²) < 4.78 is 31.9. The van der Waals surface area contributed by atoms with E-state index in [0.717, 1.165) is 24.0 Å². The summed E-state index contributed by atoms with van der Waals surface area (Å²) >= 11 is 6.02. The average Bonchev–Trinajstić information content (AvgIpc) is 3.08. The molecule has 1 aliphatic rings. The van der Waals surface area contributed by atoms with Crippen molar-refractivity contribution in [3.8, 4) is 11.3 Å². The second-order valence-corrected chi connectivity index (χ2v) is 6.31. The second-order valence-electron chi connectivity index (χ2n) is 5.90. The van der Waals surface area contributed by atoms with Gasteiger partial charge in [-0.05, 0) is 25.0 Å². The van der Waals surface area contributed by atoms with E-state index in [1.807, 2.05) is 0 Å². The van der Waals surface area contributed by atoms with Crippen LogP contribution in [0.25, 0.3) is 16.8 Å². The van der Waals surface area contributed by atoms with E-state index in [9.17, 15) is 8.78 Å². The number of aliphatic hydroxyl groups excluding tert-OH is 1. The maximum Gasteiger partial charge on any atom is 0.280 e. The smallest absolute Gasteiger partial charge is 0.280 e. The summed E-state index contributed by atoms with van der Waals surface area (Å²) in [5, 5.41) is 13.0. The molecule has 0 aromatic carbocycles. The second kappa shape index (κ2) is 8.55. The molecule has 1 atom stereocenters. The summed E-state index contributed by atoms with van der Waals surface area (Å²) in [5.41, 5.74) is 6.68. The lowest BCUT2D eigenvalue weighted by atomic mass is 10.2. The molecule has 144 valence electrons. The first-order valence-corrected chi connectivity index (χ1v) is 8.64. The first-order chi connectivity index (χ1) is 13.0. The molecular formula is C17H18ClF2N5O2. The van der Waals surface area contributed by atoms with Gasteiger partial charge in [0.25, 0.3) is 6.43 Å². The summed E-state index contributed by atoms with van der Waals surface area (Å²) in [6.07, 6.45) is 1.90. The van der Waals surface area contributed by atoms with Crippen molar-refractivity contribution in [3.63, 3.8) is 0 Å². The Morgan fingerprint density at radius 3 is 2.78 bits per heavy atom. The quantitative estimate of drug-likeness (QED) is 0.689. The Morgan fingerprint density at radius 2 is 2.15 bits per heavy atom. The molecule has 0 spiro atoms. The number of ether oxygens (including phenoxy) is 1. The van der Waals surface area contributed by atoms with Crippen molar-refractivity contribution >= 4 is 23.1 Å². The van der Waals surface area contributed by atoms with Crippen molar-refractivity contribution in [2.45, 2.75) is 25.4 Å². The lowest BCUT2D eigenvalue weighted by Gasteiger charge is -2.15. The predicted octanol–water partition coefficient (Wildman–Crippen LogP) is 3.12. The minimum Gasteiger partial charge on any atom is -0.391 e. The van der Waals surface area contributed by atoms with E-state index in [4.69, 9.17) is 27.2 Å². The number of fused-ring (bicyclic) bond motifs is 1. The topological polar surface area (TPSA) is 98.6 Å². The number of rotatable bonds is 2. The molecule has 3 aromatic heterocycles. The maximum atomic E-state index is 12.9. The highest BCUT2D eigenvalue weighted by Crippen LogP contribution is 2.31. The SMILES string of the molecule is Nc1ncc(Cl)c(-c2cnn3c(C(F)F)cccc23)n1.OC1CCCOC1. The first kappa shape index (κ1) is 19.4. The van der Waals surface area contributed by atoms with Gasteiger partial charge in [-0.15, -0.1) is 0 Å². The van der Waals surface area contributed by atoms with Crippen LogP contribution in [0.1, 0.15) is 25.0 Å². The van der Waals surface area contributed by atoms with Crippen LogP contribution < -0.4 is 5.73 Å². The van der Waals surface area contributed by atoms with Crippen molar-refractivity contribution < 1.29 is 18.6 Å². The Kier molecular flexibility index (Phi) is 6.15. The molecule has 1 saturated heterocycles. The minimum atomic E-state index is -2.63. The number of aliphatic hydroxyl groups is 1. The predicted molar refractivity (Wildman–Crippen MR) is 96.7 cm³/mol. The molecule has 3 N–H and O–H groups in total. The van der Waals surface area contributed by atoms with E-state index in [0.29, 0.717) is 23.4 Å². The zero-order valence-electron chi connectivity index (χ0n) is 14.2. The number of hydrogen-bond acceptors (Lipinski definition) is 6. The number of anilines is 1. The number of halogens is 3. The third kappa shape index (κ3) is 4.49. The van der Waals surface area contributed by atoms with Gasteiger partial charge in [0.05, 0.1) is 41.3 Å². The molecule has 27 heavy (non-hydrogen) atoms. The molecule has 1 unspecified atom stereocenters. The van der Waals surface area contributed by atoms with Crippen molar-refractivity contribution in [1.29, 1.82) is 0 Å². The van der Waals surface area contributed by atoms with Gasteiger partial charge < -0.3 is 15.6 Å². The molecule has 0 saturated carbocycles. The van der Waals surface area contributed by atoms with Gasteiger partial charge in [-0.3, -0.25) is 0 Å². The monoisotopic (exact) mass is 397 g/mol. The van der Waals surface area contributed by atoms with Gasteiger partial charge in [0.1, 0.15) is 5.69 Å². The normalized spacial score (nSPS) is 17.0. The molecule has 0 amide bonds. The van der Waals surface area contributed by atoms with Gasteiger partial charge in [-0.1, -0.05) is 17.7 Å². The highest BCUT2D eigenvalue weighted by molar-refractivity contribution is 6.33. The lowest BCUT2D eigenvalue weighted by molar-refractivity contribution is -0.00535. The summed E-state index contributed by atoms with van der Waals surface area (Å²) in [7, 11) is 0. The number of aromatic nitrogens is 4. The standard InChI is InChI=1S/C12H8ClF2N5.C5H10O2/c13-7-5-17-12(16)19-10(7)6-4-18-20-8(6)2-1-3-9(20)11(14)15;6-5-2-1-3-7-4-5/h1-5,11H,(H2,16,17,19);5-6H,1-4H2. The molecule has 1 aliphatic heterocycles. The Bertz CT molecular complexity index is 915. The van der Waals surface area contributed by atoms with Gasteiger partial charge >= 0.3 is 0 Å². The molecular weight excluding hydrogens is 380 g/mol. The van der Waals surface area contributed by atoms with Crippen LogP contribution >= 0.6 is 11.6 Å². The van der Waals surface area contributed by atoms with Gasteiger partial charge in [-0.25, -0.2) is 23.3 Å². The van der Waals surface area contributed by atoms with Crippen LogP contribution in [0.5, 0.6) is 0 Å². The van der Waals surface area contributed by atoms with Crippen LogP contribution in [0.2, 0.25) is 5.02 Å². The Labute approximate surface area is 158 Å². The number of pyridine rings is 1. The van der Waals surface area contributed by atoms with Crippen molar-refractivity contribution in [3.05, 3.63) is 41.3 Å². The van der Waals surface area contributed by atoms with Gasteiger partial charge in [-0.2, -0.15) is 5.10 Å². The minimum absolute atomic E-state index is 0.0498. The molecule has 1 fully saturated rings. The van der Waals surface area contributed by atoms with Crippen molar-refractivity contribution in [2.75, 3.05) is 18.9 Å². The summed E-state index contributed by atoms with van der Waals surface area (Å²) in [4.78, 5) is 7.80. The third-order valence-electron chi connectivity index (χ3n) is 3.95. The molecule has 4 heterocycles. The van der Waals surface area contributed by atoms with Crippen molar-refractivity contribution in [1.82, 2.24) is 19.6 Å². The maximum absolute atomic E-state index is 12.9. The average molecular weight is 398 g/mol. The number of nitrogens with zero attached hydrogens (tertiary/aromatic N) is 4. The Morgan fingerprint density at radius 1 is 1.33 bits per heavy atom. The molecule has 0 aliphatic carbocycles. The Balaban J connectivity index is 0.000000253. The van der Waals surface area contributed by atoms with Gasteiger partial charge in [0.2, 0.25) is 5.95 Å². The number of alkyl halides is 2. The van der Waals surface area contributed by atoms with Gasteiger partial charge in [0.15, 0.2) is 0 Å². The van der Waals surface area contributed by atoms with Crippen LogP contribution in [0.3, 0.4) is 0 Å². The van der Waals surface area contributed by atoms with E-state index in [1.165, 1.54) is 24.5 Å². The van der Waals surface area contributed by atoms with E-state index in [-0.39, 0.29) is 22.8 Å². The van der Waals surface area contributed by atoms with Crippen LogP contribution in [-0.4, -0.2) is 44.0 Å². The zero-order chi connectivity index (χ0) is 19.4. The van der Waals surface area contributed by atoms with E-state index in [1.54, 1.807) is 6.07 Å². The fraction of sp³-hybridized carbons (Fsp3) is 0.353. The van der Waals surface area contributed by atoms with Crippen LogP contribution in [0.4, 0.5) is 14.7 Å². The van der Waals surface area contributed by atoms with E-state index >= 15 is 0 Å². The molecule has 7 nitrogen and oxygen atoms in total. The largest absolute Gasteiger partial charge is 0.391 e. The van der Waals surface area contributed by atoms with Crippen LogP contribution in [0, 0.1) is 0 Å². The zero-order valence-corrected chi connectivity index (χ0v) is 15.0. The van der Waals surface area contributed by atoms with E-state index in [2.05, 4.69) is 15.1 Å². The molecule has 3 aromatic rings. The highest BCUT2D eigenvalue weighted by atomic mass is 35.5. The van der Waals surface area contributed by atoms with Gasteiger partial charge in [0, 0.05) is 12.2 Å². The first-order valence-electron chi connectivity index (χ1n) is 8.26. The van der Waals surface area contributed by atoms with Crippen molar-refractivity contribution in [2.24, 2.45) is 0 Å².